The Hall–Kier alpha value is -1.02. The van der Waals surface area contributed by atoms with Gasteiger partial charge in [0, 0.05) is 30.9 Å². The highest BCUT2D eigenvalue weighted by molar-refractivity contribution is 5.56. The quantitative estimate of drug-likeness (QED) is 0.817. The van der Waals surface area contributed by atoms with Crippen LogP contribution in [0, 0.1) is 13.8 Å². The first-order valence-corrected chi connectivity index (χ1v) is 7.33. The van der Waals surface area contributed by atoms with E-state index in [0.717, 1.165) is 13.1 Å². The van der Waals surface area contributed by atoms with Gasteiger partial charge in [-0.05, 0) is 43.9 Å². The van der Waals surface area contributed by atoms with Crippen LogP contribution in [0.25, 0.3) is 0 Å². The summed E-state index contributed by atoms with van der Waals surface area (Å²) in [5.41, 5.74) is 4.27. The molecule has 0 radical (unpaired) electrons. The Kier molecular flexibility index (Phi) is 3.29. The van der Waals surface area contributed by atoms with Gasteiger partial charge < -0.3 is 10.2 Å². The molecule has 2 atom stereocenters. The molecule has 2 heteroatoms. The Bertz CT molecular complexity index is 425. The van der Waals surface area contributed by atoms with Gasteiger partial charge in [0.1, 0.15) is 0 Å². The van der Waals surface area contributed by atoms with Gasteiger partial charge in [-0.15, -0.1) is 0 Å². The highest BCUT2D eigenvalue weighted by Crippen LogP contribution is 2.31. The summed E-state index contributed by atoms with van der Waals surface area (Å²) in [6, 6.07) is 8.29. The van der Waals surface area contributed by atoms with Gasteiger partial charge in [0.2, 0.25) is 0 Å². The predicted octanol–water partition coefficient (Wildman–Crippen LogP) is 3.02. The minimum absolute atomic E-state index is 0.715. The fraction of sp³-hybridized carbons (Fsp3) is 0.625. The Labute approximate surface area is 110 Å². The summed E-state index contributed by atoms with van der Waals surface area (Å²) in [4.78, 5) is 2.67. The molecule has 98 valence electrons. The van der Waals surface area contributed by atoms with Crippen molar-refractivity contribution in [2.24, 2.45) is 0 Å². The maximum atomic E-state index is 3.71. The average molecular weight is 244 g/mol. The van der Waals surface area contributed by atoms with Crippen molar-refractivity contribution in [1.82, 2.24) is 5.32 Å². The minimum atomic E-state index is 0.715. The van der Waals surface area contributed by atoms with Crippen LogP contribution in [-0.2, 0) is 0 Å². The fourth-order valence-electron chi connectivity index (χ4n) is 3.59. The highest BCUT2D eigenvalue weighted by atomic mass is 15.2. The fourth-order valence-corrected chi connectivity index (χ4v) is 3.59. The molecular weight excluding hydrogens is 220 g/mol. The first-order valence-electron chi connectivity index (χ1n) is 7.33. The second-order valence-corrected chi connectivity index (χ2v) is 5.90. The summed E-state index contributed by atoms with van der Waals surface area (Å²) in [5.74, 6) is 0. The SMILES string of the molecule is Cc1ccc(C)c(N2CCNC3CCCCC32)c1. The molecule has 1 aliphatic heterocycles. The van der Waals surface area contributed by atoms with Crippen molar-refractivity contribution in [3.05, 3.63) is 29.3 Å². The van der Waals surface area contributed by atoms with Crippen molar-refractivity contribution in [3.8, 4) is 0 Å². The highest BCUT2D eigenvalue weighted by Gasteiger charge is 2.33. The Morgan fingerprint density at radius 3 is 2.89 bits per heavy atom. The van der Waals surface area contributed by atoms with Crippen molar-refractivity contribution in [2.45, 2.75) is 51.6 Å². The third kappa shape index (κ3) is 2.14. The van der Waals surface area contributed by atoms with Gasteiger partial charge in [-0.3, -0.25) is 0 Å². The molecule has 18 heavy (non-hydrogen) atoms. The lowest BCUT2D eigenvalue weighted by atomic mass is 9.87. The second-order valence-electron chi connectivity index (χ2n) is 5.90. The largest absolute Gasteiger partial charge is 0.365 e. The van der Waals surface area contributed by atoms with Gasteiger partial charge in [-0.1, -0.05) is 25.0 Å². The number of rotatable bonds is 1. The zero-order chi connectivity index (χ0) is 12.5. The summed E-state index contributed by atoms with van der Waals surface area (Å²) in [6.45, 7) is 6.73. The van der Waals surface area contributed by atoms with Crippen molar-refractivity contribution >= 4 is 5.69 Å². The topological polar surface area (TPSA) is 15.3 Å². The van der Waals surface area contributed by atoms with Crippen LogP contribution in [0.3, 0.4) is 0 Å². The average Bonchev–Trinajstić information content (AvgIpc) is 2.41. The monoisotopic (exact) mass is 244 g/mol. The molecule has 1 aliphatic carbocycles. The first-order chi connectivity index (χ1) is 8.75. The number of hydrogen-bond donors (Lipinski definition) is 1. The van der Waals surface area contributed by atoms with Crippen molar-refractivity contribution < 1.29 is 0 Å². The lowest BCUT2D eigenvalue weighted by molar-refractivity contribution is 0.284. The zero-order valence-corrected chi connectivity index (χ0v) is 11.6. The van der Waals surface area contributed by atoms with Crippen LogP contribution in [0.5, 0.6) is 0 Å². The predicted molar refractivity (Wildman–Crippen MR) is 77.3 cm³/mol. The molecule has 1 saturated carbocycles. The van der Waals surface area contributed by atoms with Crippen LogP contribution in [0.15, 0.2) is 18.2 Å². The maximum absolute atomic E-state index is 3.71. The molecule has 0 spiro atoms. The van der Waals surface area contributed by atoms with E-state index >= 15 is 0 Å². The number of piperazine rings is 1. The molecule has 1 heterocycles. The second kappa shape index (κ2) is 4.93. The lowest BCUT2D eigenvalue weighted by Gasteiger charge is -2.46. The molecule has 2 fully saturated rings. The lowest BCUT2D eigenvalue weighted by Crippen LogP contribution is -2.59. The van der Waals surface area contributed by atoms with Gasteiger partial charge in [-0.2, -0.15) is 0 Å². The maximum Gasteiger partial charge on any atom is 0.0443 e. The summed E-state index contributed by atoms with van der Waals surface area (Å²) in [6.07, 6.45) is 5.50. The zero-order valence-electron chi connectivity index (χ0n) is 11.6. The number of anilines is 1. The van der Waals surface area contributed by atoms with Crippen LogP contribution >= 0.6 is 0 Å². The van der Waals surface area contributed by atoms with Gasteiger partial charge in [0.15, 0.2) is 0 Å². The standard InChI is InChI=1S/C16H24N2/c1-12-7-8-13(2)16(11-12)18-10-9-17-14-5-3-4-6-15(14)18/h7-8,11,14-15,17H,3-6,9-10H2,1-2H3. The van der Waals surface area contributed by atoms with E-state index in [9.17, 15) is 0 Å². The van der Waals surface area contributed by atoms with Crippen LogP contribution in [0.2, 0.25) is 0 Å². The third-order valence-corrected chi connectivity index (χ3v) is 4.56. The Balaban J connectivity index is 1.91. The summed E-state index contributed by atoms with van der Waals surface area (Å²) >= 11 is 0. The van der Waals surface area contributed by atoms with Crippen LogP contribution in [-0.4, -0.2) is 25.2 Å². The molecule has 2 nitrogen and oxygen atoms in total. The van der Waals surface area contributed by atoms with E-state index in [1.165, 1.54) is 42.5 Å². The van der Waals surface area contributed by atoms with E-state index in [4.69, 9.17) is 0 Å². The summed E-state index contributed by atoms with van der Waals surface area (Å²) in [7, 11) is 0. The molecule has 1 saturated heterocycles. The number of fused-ring (bicyclic) bond motifs is 1. The molecule has 0 aromatic heterocycles. The van der Waals surface area contributed by atoms with Gasteiger partial charge >= 0.3 is 0 Å². The molecule has 2 aliphatic rings. The Morgan fingerprint density at radius 2 is 2.00 bits per heavy atom. The van der Waals surface area contributed by atoms with Crippen molar-refractivity contribution in [1.29, 1.82) is 0 Å². The number of hydrogen-bond acceptors (Lipinski definition) is 2. The third-order valence-electron chi connectivity index (χ3n) is 4.56. The molecule has 2 unspecified atom stereocenters. The van der Waals surface area contributed by atoms with E-state index in [0.29, 0.717) is 12.1 Å². The van der Waals surface area contributed by atoms with Gasteiger partial charge in [-0.25, -0.2) is 0 Å². The minimum Gasteiger partial charge on any atom is -0.365 e. The molecule has 0 amide bonds. The van der Waals surface area contributed by atoms with Gasteiger partial charge in [0.25, 0.3) is 0 Å². The molecule has 1 aromatic rings. The number of benzene rings is 1. The summed E-state index contributed by atoms with van der Waals surface area (Å²) < 4.78 is 0. The molecular formula is C16H24N2. The van der Waals surface area contributed by atoms with Crippen molar-refractivity contribution in [3.63, 3.8) is 0 Å². The number of nitrogens with zero attached hydrogens (tertiary/aromatic N) is 1. The molecule has 1 N–H and O–H groups in total. The van der Waals surface area contributed by atoms with Crippen LogP contribution in [0.4, 0.5) is 5.69 Å². The normalized spacial score (nSPS) is 28.0. The van der Waals surface area contributed by atoms with E-state index in [1.54, 1.807) is 0 Å². The van der Waals surface area contributed by atoms with Crippen LogP contribution < -0.4 is 10.2 Å². The molecule has 1 aromatic carbocycles. The van der Waals surface area contributed by atoms with E-state index in [-0.39, 0.29) is 0 Å². The number of aryl methyl sites for hydroxylation is 2. The van der Waals surface area contributed by atoms with Crippen LogP contribution in [0.1, 0.15) is 36.8 Å². The van der Waals surface area contributed by atoms with Gasteiger partial charge in [0.05, 0.1) is 0 Å². The van der Waals surface area contributed by atoms with E-state index in [2.05, 4.69) is 42.3 Å². The smallest absolute Gasteiger partial charge is 0.0443 e. The first kappa shape index (κ1) is 12.0. The Morgan fingerprint density at radius 1 is 1.17 bits per heavy atom. The van der Waals surface area contributed by atoms with Crippen molar-refractivity contribution in [2.75, 3.05) is 18.0 Å². The summed E-state index contributed by atoms with van der Waals surface area (Å²) in [5, 5.41) is 3.71. The number of nitrogens with one attached hydrogen (secondary N) is 1. The molecule has 0 bridgehead atoms. The van der Waals surface area contributed by atoms with E-state index in [1.807, 2.05) is 0 Å². The van der Waals surface area contributed by atoms with E-state index < -0.39 is 0 Å². The molecule has 3 rings (SSSR count).